The molecule has 0 aromatic heterocycles. The van der Waals surface area contributed by atoms with Crippen molar-refractivity contribution in [3.63, 3.8) is 0 Å². The van der Waals surface area contributed by atoms with E-state index in [0.717, 1.165) is 0 Å². The quantitative estimate of drug-likeness (QED) is 0.203. The second kappa shape index (κ2) is 3.79. The summed E-state index contributed by atoms with van der Waals surface area (Å²) in [5.74, 6) is -2.56. The number of carbonyl (C=O) groups excluding carboxylic acids is 1. The number of aliphatic hydroxyl groups is 1. The number of aliphatic carboxylic acids is 1. The summed E-state index contributed by atoms with van der Waals surface area (Å²) in [6.07, 6.45) is 0. The van der Waals surface area contributed by atoms with Crippen LogP contribution in [0.3, 0.4) is 0 Å². The molecular weight excluding hydrogens is 91.0 g/mol. The van der Waals surface area contributed by atoms with E-state index in [4.69, 9.17) is 5.11 Å². The first-order valence-electron chi connectivity index (χ1n) is 1.24. The first-order valence-corrected chi connectivity index (χ1v) is 1.24. The molecule has 0 bridgehead atoms. The van der Waals surface area contributed by atoms with Gasteiger partial charge in [-0.1, -0.05) is 6.58 Å². The van der Waals surface area contributed by atoms with Gasteiger partial charge < -0.3 is 15.0 Å². The molecule has 0 aliphatic heterocycles. The molecule has 4 heteroatoms. The molecule has 0 aromatic carbocycles. The van der Waals surface area contributed by atoms with Crippen molar-refractivity contribution in [2.24, 2.45) is 0 Å². The van der Waals surface area contributed by atoms with Gasteiger partial charge in [-0.05, 0) is 0 Å². The second-order valence-corrected chi connectivity index (χ2v) is 0.734. The largest absolute Gasteiger partial charge is 1.00 e. The molecule has 1 N–H and O–H groups in total. The Hall–Kier alpha value is -0.393. The molecule has 0 aromatic rings. The van der Waals surface area contributed by atoms with Crippen LogP contribution in [0, 0.1) is 0 Å². The fourth-order valence-electron chi connectivity index (χ4n) is 0. The normalized spacial score (nSPS) is 6.29. The Bertz CT molecular complexity index is 76.2. The monoisotopic (exact) mass is 94.0 g/mol. The van der Waals surface area contributed by atoms with Crippen molar-refractivity contribution >= 4 is 5.97 Å². The number of carbonyl (C=O) groups is 1. The predicted molar refractivity (Wildman–Crippen MR) is 16.8 cm³/mol. The Morgan fingerprint density at radius 3 is 1.86 bits per heavy atom. The summed E-state index contributed by atoms with van der Waals surface area (Å²) >= 11 is 0. The van der Waals surface area contributed by atoms with E-state index in [0.29, 0.717) is 0 Å². The fourth-order valence-corrected chi connectivity index (χ4v) is 0. The van der Waals surface area contributed by atoms with Crippen LogP contribution in [0.2, 0.25) is 0 Å². The van der Waals surface area contributed by atoms with Gasteiger partial charge in [0.15, 0.2) is 0 Å². The van der Waals surface area contributed by atoms with Gasteiger partial charge in [0.05, 0.1) is 0 Å². The summed E-state index contributed by atoms with van der Waals surface area (Å²) in [5.41, 5.74) is 0. The number of carboxylic acid groups (broad SMARTS) is 1. The summed E-state index contributed by atoms with van der Waals surface area (Å²) < 4.78 is 0. The maximum absolute atomic E-state index is 9.24. The molecule has 0 heterocycles. The van der Waals surface area contributed by atoms with E-state index in [1.54, 1.807) is 0 Å². The smallest absolute Gasteiger partial charge is 0.542 e. The molecule has 0 spiro atoms. The molecule has 0 fully saturated rings. The maximum Gasteiger partial charge on any atom is 1.00 e. The second-order valence-electron chi connectivity index (χ2n) is 0.734. The van der Waals surface area contributed by atoms with Crippen molar-refractivity contribution in [1.82, 2.24) is 0 Å². The van der Waals surface area contributed by atoms with Gasteiger partial charge in [-0.25, -0.2) is 0 Å². The number of carboxylic acids is 1. The Labute approximate surface area is 52.8 Å². The first kappa shape index (κ1) is 9.79. The summed E-state index contributed by atoms with van der Waals surface area (Å²) in [6.45, 7) is 2.65. The molecule has 0 aliphatic rings. The standard InChI is InChI=1S/C3H4O3.Li/c1-2(4)3(5)6;/h4H,1H2,(H,5,6);/q;+1/p-1. The van der Waals surface area contributed by atoms with Gasteiger partial charge in [0.2, 0.25) is 0 Å². The van der Waals surface area contributed by atoms with Crippen LogP contribution in [0.1, 0.15) is 0 Å². The van der Waals surface area contributed by atoms with Gasteiger partial charge in [0.25, 0.3) is 0 Å². The fraction of sp³-hybridized carbons (Fsp3) is 0. The third-order valence-corrected chi connectivity index (χ3v) is 0.236. The molecule has 0 amide bonds. The van der Waals surface area contributed by atoms with E-state index >= 15 is 0 Å². The van der Waals surface area contributed by atoms with Crippen LogP contribution in [-0.4, -0.2) is 11.1 Å². The van der Waals surface area contributed by atoms with E-state index < -0.39 is 11.7 Å². The summed E-state index contributed by atoms with van der Waals surface area (Å²) in [7, 11) is 0. The summed E-state index contributed by atoms with van der Waals surface area (Å²) in [5, 5.41) is 17.0. The van der Waals surface area contributed by atoms with Crippen LogP contribution in [-0.2, 0) is 4.79 Å². The Morgan fingerprint density at radius 1 is 1.71 bits per heavy atom. The topological polar surface area (TPSA) is 60.4 Å². The van der Waals surface area contributed by atoms with Crippen molar-refractivity contribution in [2.75, 3.05) is 0 Å². The molecule has 0 atom stereocenters. The van der Waals surface area contributed by atoms with Crippen molar-refractivity contribution < 1.29 is 33.9 Å². The molecule has 0 aliphatic carbocycles. The minimum atomic E-state index is -1.63. The van der Waals surface area contributed by atoms with Gasteiger partial charge in [0.1, 0.15) is 11.7 Å². The van der Waals surface area contributed by atoms with Crippen LogP contribution < -0.4 is 24.0 Å². The molecule has 7 heavy (non-hydrogen) atoms. The van der Waals surface area contributed by atoms with E-state index in [1.165, 1.54) is 0 Å². The van der Waals surface area contributed by atoms with E-state index in [9.17, 15) is 9.90 Å². The number of hydrogen-bond donors (Lipinski definition) is 1. The Balaban J connectivity index is 0. The van der Waals surface area contributed by atoms with Crippen molar-refractivity contribution in [2.45, 2.75) is 0 Å². The SMILES string of the molecule is C=C(O)C(=O)[O-].[Li+]. The molecule has 0 rings (SSSR count). The van der Waals surface area contributed by atoms with Crippen molar-refractivity contribution in [3.05, 3.63) is 12.3 Å². The van der Waals surface area contributed by atoms with Crippen LogP contribution in [0.5, 0.6) is 0 Å². The van der Waals surface area contributed by atoms with Gasteiger partial charge in [-0.2, -0.15) is 0 Å². The number of hydrogen-bond acceptors (Lipinski definition) is 3. The number of aliphatic hydroxyl groups excluding tert-OH is 1. The molecule has 0 saturated heterocycles. The predicted octanol–water partition coefficient (Wildman–Crippen LogP) is -4.19. The Morgan fingerprint density at radius 2 is 1.86 bits per heavy atom. The average molecular weight is 94.0 g/mol. The van der Waals surface area contributed by atoms with Gasteiger partial charge in [-0.15, -0.1) is 0 Å². The van der Waals surface area contributed by atoms with Gasteiger partial charge >= 0.3 is 18.9 Å². The zero-order valence-corrected chi connectivity index (χ0v) is 3.97. The van der Waals surface area contributed by atoms with Gasteiger partial charge in [-0.3, -0.25) is 0 Å². The number of rotatable bonds is 1. The van der Waals surface area contributed by atoms with E-state index in [2.05, 4.69) is 6.58 Å². The molecule has 0 radical (unpaired) electrons. The average Bonchev–Trinajstić information content (AvgIpc) is 1.36. The van der Waals surface area contributed by atoms with Crippen LogP contribution in [0.15, 0.2) is 12.3 Å². The Kier molecular flexibility index (Phi) is 5.29. The molecule has 3 nitrogen and oxygen atoms in total. The zero-order chi connectivity index (χ0) is 5.15. The third-order valence-electron chi connectivity index (χ3n) is 0.236. The zero-order valence-electron chi connectivity index (χ0n) is 3.97. The van der Waals surface area contributed by atoms with Crippen LogP contribution in [0.4, 0.5) is 0 Å². The van der Waals surface area contributed by atoms with Crippen molar-refractivity contribution in [3.8, 4) is 0 Å². The molecule has 0 unspecified atom stereocenters. The van der Waals surface area contributed by atoms with Gasteiger partial charge in [0, 0.05) is 0 Å². The maximum atomic E-state index is 9.24. The molecule has 34 valence electrons. The molecular formula is C3H3LiO3. The third kappa shape index (κ3) is 5.61. The van der Waals surface area contributed by atoms with Crippen LogP contribution >= 0.6 is 0 Å². The first-order chi connectivity index (χ1) is 2.64. The van der Waals surface area contributed by atoms with E-state index in [1.807, 2.05) is 0 Å². The van der Waals surface area contributed by atoms with Crippen LogP contribution in [0.25, 0.3) is 0 Å². The molecule has 0 saturated carbocycles. The van der Waals surface area contributed by atoms with E-state index in [-0.39, 0.29) is 18.9 Å². The minimum Gasteiger partial charge on any atom is -0.542 e. The van der Waals surface area contributed by atoms with Crippen molar-refractivity contribution in [1.29, 1.82) is 0 Å². The minimum absolute atomic E-state index is 0. The summed E-state index contributed by atoms with van der Waals surface area (Å²) in [4.78, 5) is 9.24. The summed E-state index contributed by atoms with van der Waals surface area (Å²) in [6, 6.07) is 0.